The van der Waals surface area contributed by atoms with Crippen molar-refractivity contribution in [1.82, 2.24) is 0 Å². The number of nitrogens with one attached hydrogen (secondary N) is 1. The lowest BCUT2D eigenvalue weighted by Crippen LogP contribution is -2.28. The molecule has 0 aliphatic heterocycles. The molecule has 2 unspecified atom stereocenters. The number of nitrogens with zero attached hydrogens (tertiary/aromatic N) is 1. The summed E-state index contributed by atoms with van der Waals surface area (Å²) in [5.74, 6) is 0.436. The number of rotatable bonds is 3. The Bertz CT molecular complexity index is 442. The van der Waals surface area contributed by atoms with Gasteiger partial charge in [0.25, 0.3) is 0 Å². The predicted octanol–water partition coefficient (Wildman–Crippen LogP) is 3.66. The van der Waals surface area contributed by atoms with Gasteiger partial charge in [-0.2, -0.15) is 5.26 Å². The van der Waals surface area contributed by atoms with Crippen LogP contribution in [0, 0.1) is 24.2 Å². The van der Waals surface area contributed by atoms with Crippen LogP contribution >= 0.6 is 0 Å². The van der Waals surface area contributed by atoms with E-state index in [-0.39, 0.29) is 6.04 Å². The molecule has 0 fully saturated rings. The molecule has 1 N–H and O–H groups in total. The van der Waals surface area contributed by atoms with Gasteiger partial charge in [0.2, 0.25) is 0 Å². The van der Waals surface area contributed by atoms with Gasteiger partial charge in [0.05, 0.1) is 6.07 Å². The first-order chi connectivity index (χ1) is 8.29. The highest BCUT2D eigenvalue weighted by molar-refractivity contribution is 5.47. The first-order valence-corrected chi connectivity index (χ1v) is 6.17. The Morgan fingerprint density at radius 2 is 2.29 bits per heavy atom. The largest absolute Gasteiger partial charge is 0.370 e. The van der Waals surface area contributed by atoms with E-state index in [1.807, 2.05) is 12.1 Å². The second kappa shape index (κ2) is 5.54. The molecule has 0 aromatic heterocycles. The van der Waals surface area contributed by atoms with Crippen LogP contribution in [0.5, 0.6) is 0 Å². The van der Waals surface area contributed by atoms with Crippen LogP contribution in [-0.2, 0) is 0 Å². The maximum atomic E-state index is 9.27. The van der Waals surface area contributed by atoms with Gasteiger partial charge >= 0.3 is 0 Å². The zero-order chi connectivity index (χ0) is 12.1. The van der Waals surface area contributed by atoms with E-state index >= 15 is 0 Å². The molecule has 0 radical (unpaired) electrons. The highest BCUT2D eigenvalue weighted by atomic mass is 14.9. The van der Waals surface area contributed by atoms with Gasteiger partial charge < -0.3 is 5.32 Å². The van der Waals surface area contributed by atoms with Crippen molar-refractivity contribution in [2.45, 2.75) is 32.2 Å². The number of benzene rings is 1. The van der Waals surface area contributed by atoms with Crippen LogP contribution in [0.25, 0.3) is 0 Å². The number of hydrogen-bond donors (Lipinski definition) is 1. The number of allylic oxidation sites excluding steroid dienone is 2. The van der Waals surface area contributed by atoms with E-state index in [9.17, 15) is 5.26 Å². The summed E-state index contributed by atoms with van der Waals surface area (Å²) in [4.78, 5) is 0. The van der Waals surface area contributed by atoms with Gasteiger partial charge in [-0.25, -0.2) is 0 Å². The third kappa shape index (κ3) is 3.10. The topological polar surface area (TPSA) is 35.8 Å². The molecule has 17 heavy (non-hydrogen) atoms. The molecule has 1 aromatic carbocycles. The van der Waals surface area contributed by atoms with Crippen molar-refractivity contribution in [2.24, 2.45) is 5.92 Å². The maximum absolute atomic E-state index is 9.27. The molecule has 0 spiro atoms. The molecule has 2 nitrogen and oxygen atoms in total. The number of nitriles is 1. The summed E-state index contributed by atoms with van der Waals surface area (Å²) in [6, 6.07) is 10.5. The zero-order valence-corrected chi connectivity index (χ0v) is 10.2. The molecule has 2 heteroatoms. The third-order valence-corrected chi connectivity index (χ3v) is 3.26. The summed E-state index contributed by atoms with van der Waals surface area (Å²) in [6.45, 7) is 2.07. The van der Waals surface area contributed by atoms with Gasteiger partial charge in [-0.15, -0.1) is 0 Å². The van der Waals surface area contributed by atoms with E-state index in [0.29, 0.717) is 5.92 Å². The quantitative estimate of drug-likeness (QED) is 0.798. The minimum atomic E-state index is -0.0817. The van der Waals surface area contributed by atoms with Crippen LogP contribution < -0.4 is 5.32 Å². The van der Waals surface area contributed by atoms with Crippen molar-refractivity contribution >= 4 is 5.69 Å². The Balaban J connectivity index is 2.05. The number of hydrogen-bond acceptors (Lipinski definition) is 2. The van der Waals surface area contributed by atoms with Crippen molar-refractivity contribution < 1.29 is 0 Å². The monoisotopic (exact) mass is 226 g/mol. The molecule has 88 valence electrons. The fourth-order valence-corrected chi connectivity index (χ4v) is 2.29. The molecular weight excluding hydrogens is 208 g/mol. The standard InChI is InChI=1S/C15H18N2/c1-12-6-5-9-14(10-12)17-15(11-16)13-7-3-2-4-8-13/h2-3,5-6,9-10,13,15,17H,4,7-8H2,1H3. The second-order valence-electron chi connectivity index (χ2n) is 4.67. The molecule has 0 heterocycles. The number of aryl methyl sites for hydroxylation is 1. The molecule has 1 aliphatic carbocycles. The van der Waals surface area contributed by atoms with Crippen LogP contribution in [-0.4, -0.2) is 6.04 Å². The summed E-state index contributed by atoms with van der Waals surface area (Å²) < 4.78 is 0. The van der Waals surface area contributed by atoms with E-state index in [2.05, 4.69) is 42.6 Å². The summed E-state index contributed by atoms with van der Waals surface area (Å²) in [6.07, 6.45) is 7.61. The van der Waals surface area contributed by atoms with Crippen LogP contribution in [0.15, 0.2) is 36.4 Å². The van der Waals surface area contributed by atoms with Gasteiger partial charge in [-0.05, 0) is 49.8 Å². The molecule has 2 atom stereocenters. The lowest BCUT2D eigenvalue weighted by Gasteiger charge is -2.24. The summed E-state index contributed by atoms with van der Waals surface area (Å²) >= 11 is 0. The SMILES string of the molecule is Cc1cccc(NC(C#N)C2CC=CCC2)c1. The minimum absolute atomic E-state index is 0.0817. The summed E-state index contributed by atoms with van der Waals surface area (Å²) in [5.41, 5.74) is 2.27. The molecular formula is C15H18N2. The first kappa shape index (κ1) is 11.7. The molecule has 0 saturated carbocycles. The van der Waals surface area contributed by atoms with E-state index in [1.165, 1.54) is 5.56 Å². The van der Waals surface area contributed by atoms with Crippen LogP contribution in [0.2, 0.25) is 0 Å². The van der Waals surface area contributed by atoms with E-state index in [1.54, 1.807) is 0 Å². The lowest BCUT2D eigenvalue weighted by atomic mass is 9.88. The van der Waals surface area contributed by atoms with E-state index < -0.39 is 0 Å². The Hall–Kier alpha value is -1.75. The van der Waals surface area contributed by atoms with Gasteiger partial charge in [0, 0.05) is 5.69 Å². The fourth-order valence-electron chi connectivity index (χ4n) is 2.29. The Kier molecular flexibility index (Phi) is 3.82. The Labute approximate surface area is 103 Å². The smallest absolute Gasteiger partial charge is 0.117 e. The molecule has 2 rings (SSSR count). The van der Waals surface area contributed by atoms with Crippen molar-refractivity contribution in [3.05, 3.63) is 42.0 Å². The third-order valence-electron chi connectivity index (χ3n) is 3.26. The normalized spacial score (nSPS) is 20.6. The highest BCUT2D eigenvalue weighted by Gasteiger charge is 2.21. The van der Waals surface area contributed by atoms with Gasteiger partial charge in [0.15, 0.2) is 0 Å². The summed E-state index contributed by atoms with van der Waals surface area (Å²) in [7, 11) is 0. The average Bonchev–Trinajstić information content (AvgIpc) is 2.37. The highest BCUT2D eigenvalue weighted by Crippen LogP contribution is 2.24. The van der Waals surface area contributed by atoms with Crippen LogP contribution in [0.3, 0.4) is 0 Å². The van der Waals surface area contributed by atoms with Gasteiger partial charge in [-0.3, -0.25) is 0 Å². The second-order valence-corrected chi connectivity index (χ2v) is 4.67. The minimum Gasteiger partial charge on any atom is -0.370 e. The molecule has 0 bridgehead atoms. The van der Waals surface area contributed by atoms with Crippen molar-refractivity contribution in [2.75, 3.05) is 5.32 Å². The Morgan fingerprint density at radius 1 is 1.41 bits per heavy atom. The fraction of sp³-hybridized carbons (Fsp3) is 0.400. The predicted molar refractivity (Wildman–Crippen MR) is 70.7 cm³/mol. The summed E-state index contributed by atoms with van der Waals surface area (Å²) in [5, 5.41) is 12.6. The lowest BCUT2D eigenvalue weighted by molar-refractivity contribution is 0.458. The Morgan fingerprint density at radius 3 is 2.94 bits per heavy atom. The molecule has 0 saturated heterocycles. The van der Waals surface area contributed by atoms with E-state index in [4.69, 9.17) is 0 Å². The van der Waals surface area contributed by atoms with Crippen LogP contribution in [0.4, 0.5) is 5.69 Å². The van der Waals surface area contributed by atoms with E-state index in [0.717, 1.165) is 24.9 Å². The molecule has 1 aromatic rings. The first-order valence-electron chi connectivity index (χ1n) is 6.17. The number of anilines is 1. The van der Waals surface area contributed by atoms with Gasteiger partial charge in [-0.1, -0.05) is 24.3 Å². The molecule has 1 aliphatic rings. The van der Waals surface area contributed by atoms with Crippen molar-refractivity contribution in [3.63, 3.8) is 0 Å². The van der Waals surface area contributed by atoms with Crippen molar-refractivity contribution in [1.29, 1.82) is 5.26 Å². The zero-order valence-electron chi connectivity index (χ0n) is 10.2. The van der Waals surface area contributed by atoms with Crippen molar-refractivity contribution in [3.8, 4) is 6.07 Å². The van der Waals surface area contributed by atoms with Gasteiger partial charge in [0.1, 0.15) is 6.04 Å². The van der Waals surface area contributed by atoms with Crippen LogP contribution in [0.1, 0.15) is 24.8 Å². The maximum Gasteiger partial charge on any atom is 0.117 e. The average molecular weight is 226 g/mol. The molecule has 0 amide bonds.